The zero-order valence-electron chi connectivity index (χ0n) is 25.3. The number of benzene rings is 3. The molecule has 3 aromatic carbocycles. The molecule has 0 aromatic heterocycles. The second kappa shape index (κ2) is 16.3. The third-order valence-corrected chi connectivity index (χ3v) is 7.00. The summed E-state index contributed by atoms with van der Waals surface area (Å²) in [5.41, 5.74) is 3.37. The molecule has 3 N–H and O–H groups in total. The zero-order valence-corrected chi connectivity index (χ0v) is 25.3. The minimum atomic E-state index is -1.54. The van der Waals surface area contributed by atoms with Crippen LogP contribution in [0.4, 0.5) is 8.78 Å². The third kappa shape index (κ3) is 10.2. The molecule has 2 amide bonds. The van der Waals surface area contributed by atoms with E-state index in [1.165, 1.54) is 6.07 Å². The quantitative estimate of drug-likeness (QED) is 0.226. The number of aliphatic hydroxyl groups excluding tert-OH is 2. The van der Waals surface area contributed by atoms with Crippen molar-refractivity contribution in [3.63, 3.8) is 0 Å². The Labute approximate surface area is 252 Å². The van der Waals surface area contributed by atoms with Crippen LogP contribution < -0.4 is 5.32 Å². The molecule has 3 rings (SSSR count). The molecule has 0 radical (unpaired) electrons. The maximum Gasteiger partial charge on any atom is 0.253 e. The number of carbonyl (C=O) groups excluding carboxylic acids is 2. The number of nitrogens with one attached hydrogen (secondary N) is 1. The summed E-state index contributed by atoms with van der Waals surface area (Å²) < 4.78 is 33.6. The number of aryl methyl sites for hydroxylation is 2. The highest BCUT2D eigenvalue weighted by Gasteiger charge is 2.29. The summed E-state index contributed by atoms with van der Waals surface area (Å²) in [5.74, 6) is -2.40. The molecule has 0 aliphatic rings. The normalized spacial score (nSPS) is 13.3. The number of ether oxygens (including phenoxy) is 1. The highest BCUT2D eigenvalue weighted by Crippen LogP contribution is 2.17. The summed E-state index contributed by atoms with van der Waals surface area (Å²) in [7, 11) is 0. The lowest BCUT2D eigenvalue weighted by Gasteiger charge is -2.28. The van der Waals surface area contributed by atoms with E-state index in [0.29, 0.717) is 24.2 Å². The van der Waals surface area contributed by atoms with Crippen LogP contribution in [0.5, 0.6) is 0 Å². The molecule has 0 spiro atoms. The van der Waals surface area contributed by atoms with E-state index in [4.69, 9.17) is 4.74 Å². The van der Waals surface area contributed by atoms with Gasteiger partial charge in [0.25, 0.3) is 11.8 Å². The second-order valence-electron chi connectivity index (χ2n) is 11.0. The standard InChI is InChI=1S/C34H42F2N2O5/c1-5-10-38(11-6-2)34(42)27-14-23(4)13-26(18-27)33(41)37-30(17-25-15-28(35)19-29(36)16-25)32(40)31(39)21-43-20-24-9-7-8-22(3)12-24/h7-9,12-16,18-19,30-32,39-40H,5-6,10-11,17,20-21H2,1-4H3,(H,37,41)/t30-,31?,32?/m0/s1. The molecular formula is C34H42F2N2O5. The van der Waals surface area contributed by atoms with Gasteiger partial charge in [0.2, 0.25) is 0 Å². The van der Waals surface area contributed by atoms with Gasteiger partial charge in [-0.05, 0) is 80.1 Å². The summed E-state index contributed by atoms with van der Waals surface area (Å²) in [6.45, 7) is 8.83. The molecule has 0 aliphatic carbocycles. The minimum absolute atomic E-state index is 0.172. The van der Waals surface area contributed by atoms with Crippen LogP contribution in [0, 0.1) is 25.5 Å². The number of rotatable bonds is 15. The SMILES string of the molecule is CCCN(CCC)C(=O)c1cc(C)cc(C(=O)N[C@@H](Cc2cc(F)cc(F)c2)C(O)C(O)COCc2cccc(C)c2)c1. The summed E-state index contributed by atoms with van der Waals surface area (Å²) in [4.78, 5) is 28.5. The van der Waals surface area contributed by atoms with Crippen molar-refractivity contribution in [1.82, 2.24) is 10.2 Å². The molecule has 2 unspecified atom stereocenters. The van der Waals surface area contributed by atoms with Gasteiger partial charge in [0.15, 0.2) is 0 Å². The van der Waals surface area contributed by atoms with Crippen molar-refractivity contribution in [2.45, 2.75) is 71.8 Å². The van der Waals surface area contributed by atoms with Gasteiger partial charge >= 0.3 is 0 Å². The predicted molar refractivity (Wildman–Crippen MR) is 162 cm³/mol. The Kier molecular flexibility index (Phi) is 12.8. The van der Waals surface area contributed by atoms with Crippen LogP contribution in [0.15, 0.2) is 60.7 Å². The van der Waals surface area contributed by atoms with Gasteiger partial charge in [-0.3, -0.25) is 9.59 Å². The van der Waals surface area contributed by atoms with Crippen molar-refractivity contribution >= 4 is 11.8 Å². The predicted octanol–water partition coefficient (Wildman–Crippen LogP) is 5.12. The van der Waals surface area contributed by atoms with E-state index in [-0.39, 0.29) is 36.7 Å². The lowest BCUT2D eigenvalue weighted by atomic mass is 9.96. The van der Waals surface area contributed by atoms with E-state index in [9.17, 15) is 28.6 Å². The number of hydrogen-bond donors (Lipinski definition) is 3. The first-order chi connectivity index (χ1) is 20.5. The molecule has 0 heterocycles. The maximum absolute atomic E-state index is 14.0. The molecule has 7 nitrogen and oxygen atoms in total. The van der Waals surface area contributed by atoms with E-state index in [1.807, 2.05) is 45.0 Å². The van der Waals surface area contributed by atoms with Crippen LogP contribution in [-0.2, 0) is 17.8 Å². The number of carbonyl (C=O) groups is 2. The number of aliphatic hydroxyl groups is 2. The van der Waals surface area contributed by atoms with Crippen molar-refractivity contribution in [2.75, 3.05) is 19.7 Å². The highest BCUT2D eigenvalue weighted by atomic mass is 19.1. The van der Waals surface area contributed by atoms with E-state index >= 15 is 0 Å². The molecule has 0 bridgehead atoms. The molecule has 0 fully saturated rings. The Hall–Kier alpha value is -3.66. The third-order valence-electron chi connectivity index (χ3n) is 7.00. The largest absolute Gasteiger partial charge is 0.388 e. The van der Waals surface area contributed by atoms with Gasteiger partial charge in [-0.25, -0.2) is 8.78 Å². The Balaban J connectivity index is 1.81. The number of amides is 2. The topological polar surface area (TPSA) is 99.1 Å². The molecule has 43 heavy (non-hydrogen) atoms. The van der Waals surface area contributed by atoms with Crippen LogP contribution in [0.25, 0.3) is 0 Å². The van der Waals surface area contributed by atoms with E-state index in [2.05, 4.69) is 5.32 Å². The average Bonchev–Trinajstić information content (AvgIpc) is 2.95. The van der Waals surface area contributed by atoms with Gasteiger partial charge in [0, 0.05) is 30.3 Å². The van der Waals surface area contributed by atoms with Crippen molar-refractivity contribution in [3.05, 3.63) is 106 Å². The summed E-state index contributed by atoms with van der Waals surface area (Å²) >= 11 is 0. The Morgan fingerprint density at radius 1 is 0.860 bits per heavy atom. The van der Waals surface area contributed by atoms with Crippen molar-refractivity contribution < 1.29 is 33.3 Å². The first-order valence-electron chi connectivity index (χ1n) is 14.7. The van der Waals surface area contributed by atoms with Crippen molar-refractivity contribution in [1.29, 1.82) is 0 Å². The fraction of sp³-hybridized carbons (Fsp3) is 0.412. The van der Waals surface area contributed by atoms with Crippen LogP contribution in [0.2, 0.25) is 0 Å². The van der Waals surface area contributed by atoms with E-state index < -0.39 is 35.8 Å². The van der Waals surface area contributed by atoms with Crippen LogP contribution in [-0.4, -0.2) is 64.9 Å². The monoisotopic (exact) mass is 596 g/mol. The molecule has 9 heteroatoms. The molecule has 232 valence electrons. The minimum Gasteiger partial charge on any atom is -0.388 e. The lowest BCUT2D eigenvalue weighted by Crippen LogP contribution is -2.51. The molecule has 3 atom stereocenters. The van der Waals surface area contributed by atoms with Crippen molar-refractivity contribution in [2.24, 2.45) is 0 Å². The molecular weight excluding hydrogens is 554 g/mol. The summed E-state index contributed by atoms with van der Waals surface area (Å²) in [6.07, 6.45) is -1.54. The summed E-state index contributed by atoms with van der Waals surface area (Å²) in [5, 5.41) is 24.6. The second-order valence-corrected chi connectivity index (χ2v) is 11.0. The number of hydrogen-bond acceptors (Lipinski definition) is 5. The van der Waals surface area contributed by atoms with E-state index in [1.54, 1.807) is 24.0 Å². The number of halogens is 2. The van der Waals surface area contributed by atoms with Crippen LogP contribution in [0.1, 0.15) is 69.7 Å². The highest BCUT2D eigenvalue weighted by molar-refractivity contribution is 6.00. The smallest absolute Gasteiger partial charge is 0.253 e. The van der Waals surface area contributed by atoms with Gasteiger partial charge < -0.3 is 25.2 Å². The van der Waals surface area contributed by atoms with Gasteiger partial charge in [0.1, 0.15) is 23.8 Å². The van der Waals surface area contributed by atoms with Crippen LogP contribution >= 0.6 is 0 Å². The lowest BCUT2D eigenvalue weighted by molar-refractivity contribution is -0.0543. The first-order valence-corrected chi connectivity index (χ1v) is 14.7. The first kappa shape index (κ1) is 33.8. The molecule has 3 aromatic rings. The van der Waals surface area contributed by atoms with Crippen LogP contribution in [0.3, 0.4) is 0 Å². The Bertz CT molecular complexity index is 1360. The van der Waals surface area contributed by atoms with Gasteiger partial charge in [-0.15, -0.1) is 0 Å². The maximum atomic E-state index is 14.0. The Morgan fingerprint density at radius 2 is 1.51 bits per heavy atom. The van der Waals surface area contributed by atoms with E-state index in [0.717, 1.165) is 42.2 Å². The zero-order chi connectivity index (χ0) is 31.5. The van der Waals surface area contributed by atoms with Gasteiger partial charge in [-0.2, -0.15) is 0 Å². The van der Waals surface area contributed by atoms with Crippen molar-refractivity contribution in [3.8, 4) is 0 Å². The molecule has 0 aliphatic heterocycles. The molecule has 0 saturated heterocycles. The Morgan fingerprint density at radius 3 is 2.14 bits per heavy atom. The fourth-order valence-electron chi connectivity index (χ4n) is 5.03. The fourth-order valence-corrected chi connectivity index (χ4v) is 5.03. The number of nitrogens with zero attached hydrogens (tertiary/aromatic N) is 1. The summed E-state index contributed by atoms with van der Waals surface area (Å²) in [6, 6.07) is 14.3. The molecule has 0 saturated carbocycles. The van der Waals surface area contributed by atoms with Gasteiger partial charge in [-0.1, -0.05) is 43.7 Å². The van der Waals surface area contributed by atoms with Gasteiger partial charge in [0.05, 0.1) is 19.3 Å². The average molecular weight is 597 g/mol.